The van der Waals surface area contributed by atoms with Gasteiger partial charge in [-0.1, -0.05) is 23.4 Å². The Labute approximate surface area is 130 Å². The zero-order chi connectivity index (χ0) is 15.4. The summed E-state index contributed by atoms with van der Waals surface area (Å²) in [5.74, 6) is 0.953. The Hall–Kier alpha value is -2.36. The number of aryl methyl sites for hydroxylation is 3. The Morgan fingerprint density at radius 3 is 2.73 bits per heavy atom. The first-order chi connectivity index (χ1) is 10.7. The van der Waals surface area contributed by atoms with Crippen LogP contribution in [0.1, 0.15) is 24.0 Å². The fourth-order valence-corrected chi connectivity index (χ4v) is 2.44. The average molecular weight is 295 g/mol. The molecule has 0 aliphatic rings. The molecule has 1 heterocycles. The van der Waals surface area contributed by atoms with Crippen LogP contribution in [-0.2, 0) is 6.54 Å². The van der Waals surface area contributed by atoms with Crippen LogP contribution in [0.25, 0.3) is 11.0 Å². The van der Waals surface area contributed by atoms with Gasteiger partial charge in [-0.15, -0.1) is 5.10 Å². The molecule has 0 amide bonds. The molecule has 0 fully saturated rings. The van der Waals surface area contributed by atoms with Crippen LogP contribution in [0.15, 0.2) is 42.5 Å². The quantitative estimate of drug-likeness (QED) is 0.647. The van der Waals surface area contributed by atoms with Crippen LogP contribution in [0.4, 0.5) is 0 Å². The summed E-state index contributed by atoms with van der Waals surface area (Å²) < 4.78 is 7.77. The van der Waals surface area contributed by atoms with Gasteiger partial charge in [0, 0.05) is 6.54 Å². The van der Waals surface area contributed by atoms with Gasteiger partial charge in [-0.2, -0.15) is 0 Å². The summed E-state index contributed by atoms with van der Waals surface area (Å²) in [5.41, 5.74) is 4.61. The van der Waals surface area contributed by atoms with Crippen molar-refractivity contribution >= 4 is 11.0 Å². The van der Waals surface area contributed by atoms with E-state index in [4.69, 9.17) is 4.74 Å². The van der Waals surface area contributed by atoms with E-state index in [0.29, 0.717) is 0 Å². The maximum absolute atomic E-state index is 5.80. The highest BCUT2D eigenvalue weighted by atomic mass is 16.5. The number of benzene rings is 2. The second-order valence-corrected chi connectivity index (χ2v) is 5.60. The minimum Gasteiger partial charge on any atom is -0.494 e. The molecule has 0 unspecified atom stereocenters. The number of nitrogens with zero attached hydrogens (tertiary/aromatic N) is 3. The summed E-state index contributed by atoms with van der Waals surface area (Å²) in [6.07, 6.45) is 2.03. The van der Waals surface area contributed by atoms with Gasteiger partial charge < -0.3 is 4.74 Å². The summed E-state index contributed by atoms with van der Waals surface area (Å²) in [4.78, 5) is 0. The van der Waals surface area contributed by atoms with Crippen LogP contribution in [0.3, 0.4) is 0 Å². The number of hydrogen-bond donors (Lipinski definition) is 0. The zero-order valence-electron chi connectivity index (χ0n) is 13.1. The van der Waals surface area contributed by atoms with E-state index >= 15 is 0 Å². The third-order valence-corrected chi connectivity index (χ3v) is 3.93. The molecule has 4 nitrogen and oxygen atoms in total. The molecular weight excluding hydrogens is 274 g/mol. The molecule has 1 aromatic heterocycles. The van der Waals surface area contributed by atoms with Gasteiger partial charge in [0.1, 0.15) is 11.3 Å². The number of hydrogen-bond acceptors (Lipinski definition) is 3. The molecule has 114 valence electrons. The Morgan fingerprint density at radius 2 is 1.86 bits per heavy atom. The summed E-state index contributed by atoms with van der Waals surface area (Å²) >= 11 is 0. The van der Waals surface area contributed by atoms with Crippen molar-refractivity contribution in [1.82, 2.24) is 15.0 Å². The van der Waals surface area contributed by atoms with Crippen LogP contribution < -0.4 is 4.74 Å². The first-order valence-corrected chi connectivity index (χ1v) is 7.72. The highest BCUT2D eigenvalue weighted by molar-refractivity contribution is 5.73. The molecule has 0 N–H and O–H groups in total. The number of para-hydroxylation sites is 1. The molecule has 3 aromatic rings. The van der Waals surface area contributed by atoms with Crippen molar-refractivity contribution in [1.29, 1.82) is 0 Å². The second-order valence-electron chi connectivity index (χ2n) is 5.60. The molecule has 0 aliphatic carbocycles. The van der Waals surface area contributed by atoms with E-state index in [1.165, 1.54) is 11.1 Å². The van der Waals surface area contributed by atoms with Gasteiger partial charge in [0.05, 0.1) is 12.1 Å². The minimum absolute atomic E-state index is 0.731. The molecular formula is C18H21N3O. The van der Waals surface area contributed by atoms with Crippen molar-refractivity contribution in [3.05, 3.63) is 53.6 Å². The lowest BCUT2D eigenvalue weighted by molar-refractivity contribution is 0.302. The Balaban J connectivity index is 1.46. The number of ether oxygens (including phenoxy) is 1. The fourth-order valence-electron chi connectivity index (χ4n) is 2.44. The van der Waals surface area contributed by atoms with Crippen molar-refractivity contribution in [3.8, 4) is 5.75 Å². The molecule has 22 heavy (non-hydrogen) atoms. The fraction of sp³-hybridized carbons (Fsp3) is 0.333. The molecule has 4 heteroatoms. The largest absolute Gasteiger partial charge is 0.494 e. The van der Waals surface area contributed by atoms with Gasteiger partial charge in [-0.25, -0.2) is 4.68 Å². The number of rotatable bonds is 6. The lowest BCUT2D eigenvalue weighted by Crippen LogP contribution is -2.04. The highest BCUT2D eigenvalue weighted by Gasteiger charge is 2.03. The third kappa shape index (κ3) is 3.27. The van der Waals surface area contributed by atoms with Crippen molar-refractivity contribution in [2.24, 2.45) is 0 Å². The number of aromatic nitrogens is 3. The molecule has 3 rings (SSSR count). The van der Waals surface area contributed by atoms with E-state index < -0.39 is 0 Å². The van der Waals surface area contributed by atoms with Gasteiger partial charge in [-0.3, -0.25) is 0 Å². The van der Waals surface area contributed by atoms with Crippen LogP contribution in [0.2, 0.25) is 0 Å². The molecule has 2 aromatic carbocycles. The van der Waals surface area contributed by atoms with E-state index in [1.807, 2.05) is 28.9 Å². The van der Waals surface area contributed by atoms with Gasteiger partial charge in [0.15, 0.2) is 0 Å². The van der Waals surface area contributed by atoms with E-state index in [9.17, 15) is 0 Å². The first kappa shape index (κ1) is 14.6. The third-order valence-electron chi connectivity index (χ3n) is 3.93. The summed E-state index contributed by atoms with van der Waals surface area (Å²) in [7, 11) is 0. The van der Waals surface area contributed by atoms with Gasteiger partial charge in [-0.05, 0) is 62.1 Å². The van der Waals surface area contributed by atoms with E-state index in [0.717, 1.165) is 42.8 Å². The molecule has 0 bridgehead atoms. The first-order valence-electron chi connectivity index (χ1n) is 7.72. The average Bonchev–Trinajstić information content (AvgIpc) is 2.94. The molecule has 0 saturated carbocycles. The Bertz CT molecular complexity index is 764. The van der Waals surface area contributed by atoms with Crippen LogP contribution in [0, 0.1) is 13.8 Å². The standard InChI is InChI=1S/C18H21N3O/c1-14-9-10-16(13-15(14)2)22-12-6-5-11-21-18-8-4-3-7-17(18)19-20-21/h3-4,7-10,13H,5-6,11-12H2,1-2H3. The highest BCUT2D eigenvalue weighted by Crippen LogP contribution is 2.17. The normalized spacial score (nSPS) is 11.0. The molecule has 0 saturated heterocycles. The van der Waals surface area contributed by atoms with Crippen LogP contribution >= 0.6 is 0 Å². The maximum Gasteiger partial charge on any atom is 0.119 e. The minimum atomic E-state index is 0.731. The van der Waals surface area contributed by atoms with Crippen molar-refractivity contribution < 1.29 is 4.74 Å². The summed E-state index contributed by atoms with van der Waals surface area (Å²) in [5, 5.41) is 8.36. The van der Waals surface area contributed by atoms with Crippen LogP contribution in [-0.4, -0.2) is 21.6 Å². The topological polar surface area (TPSA) is 39.9 Å². The van der Waals surface area contributed by atoms with Gasteiger partial charge >= 0.3 is 0 Å². The molecule has 0 aliphatic heterocycles. The Morgan fingerprint density at radius 1 is 1.00 bits per heavy atom. The Kier molecular flexibility index (Phi) is 4.37. The SMILES string of the molecule is Cc1ccc(OCCCCn2nnc3ccccc32)cc1C. The summed E-state index contributed by atoms with van der Waals surface area (Å²) in [6.45, 7) is 5.82. The van der Waals surface area contributed by atoms with Crippen molar-refractivity contribution in [2.75, 3.05) is 6.61 Å². The van der Waals surface area contributed by atoms with E-state index in [2.05, 4.69) is 42.4 Å². The van der Waals surface area contributed by atoms with Crippen LogP contribution in [0.5, 0.6) is 5.75 Å². The summed E-state index contributed by atoms with van der Waals surface area (Å²) in [6, 6.07) is 14.3. The lowest BCUT2D eigenvalue weighted by Gasteiger charge is -2.08. The molecule has 0 radical (unpaired) electrons. The lowest BCUT2D eigenvalue weighted by atomic mass is 10.1. The van der Waals surface area contributed by atoms with Crippen molar-refractivity contribution in [3.63, 3.8) is 0 Å². The molecule has 0 atom stereocenters. The zero-order valence-corrected chi connectivity index (χ0v) is 13.1. The van der Waals surface area contributed by atoms with Crippen molar-refractivity contribution in [2.45, 2.75) is 33.2 Å². The smallest absolute Gasteiger partial charge is 0.119 e. The molecule has 0 spiro atoms. The monoisotopic (exact) mass is 295 g/mol. The number of fused-ring (bicyclic) bond motifs is 1. The predicted molar refractivity (Wildman–Crippen MR) is 88.2 cm³/mol. The number of unbranched alkanes of at least 4 members (excludes halogenated alkanes) is 1. The van der Waals surface area contributed by atoms with E-state index in [1.54, 1.807) is 0 Å². The van der Waals surface area contributed by atoms with Gasteiger partial charge in [0.2, 0.25) is 0 Å². The van der Waals surface area contributed by atoms with E-state index in [-0.39, 0.29) is 0 Å². The van der Waals surface area contributed by atoms with Gasteiger partial charge in [0.25, 0.3) is 0 Å². The predicted octanol–water partition coefficient (Wildman–Crippen LogP) is 3.91. The second kappa shape index (κ2) is 6.60. The maximum atomic E-state index is 5.80.